The van der Waals surface area contributed by atoms with E-state index in [1.54, 1.807) is 47.4 Å². The lowest BCUT2D eigenvalue weighted by molar-refractivity contribution is 0.0945. The van der Waals surface area contributed by atoms with Gasteiger partial charge in [-0.1, -0.05) is 29.8 Å². The van der Waals surface area contributed by atoms with Crippen LogP contribution in [0.15, 0.2) is 79.1 Å². The minimum atomic E-state index is -0.346. The Labute approximate surface area is 171 Å². The molecule has 0 fully saturated rings. The van der Waals surface area contributed by atoms with Crippen molar-refractivity contribution in [1.82, 2.24) is 20.1 Å². The Morgan fingerprint density at radius 2 is 1.86 bits per heavy atom. The van der Waals surface area contributed by atoms with E-state index < -0.39 is 0 Å². The van der Waals surface area contributed by atoms with Crippen LogP contribution in [0, 0.1) is 5.82 Å². The van der Waals surface area contributed by atoms with Crippen LogP contribution >= 0.6 is 11.6 Å². The second-order valence-electron chi connectivity index (χ2n) is 6.32. The van der Waals surface area contributed by atoms with Crippen LogP contribution in [-0.4, -0.2) is 20.7 Å². The summed E-state index contributed by atoms with van der Waals surface area (Å²) in [5.74, 6) is -0.683. The summed E-state index contributed by atoms with van der Waals surface area (Å²) in [6, 6.07) is 18.6. The summed E-state index contributed by atoms with van der Waals surface area (Å²) in [5.41, 5.74) is 3.14. The maximum atomic E-state index is 13.3. The largest absolute Gasteiger partial charge is 0.347 e. The van der Waals surface area contributed by atoms with E-state index in [9.17, 15) is 9.18 Å². The van der Waals surface area contributed by atoms with Gasteiger partial charge < -0.3 is 5.32 Å². The molecule has 0 bridgehead atoms. The number of hydrogen-bond acceptors (Lipinski definition) is 3. The van der Waals surface area contributed by atoms with Crippen molar-refractivity contribution >= 4 is 17.5 Å². The number of carbonyl (C=O) groups excluding carboxylic acids is 1. The molecule has 0 spiro atoms. The summed E-state index contributed by atoms with van der Waals surface area (Å²) in [7, 11) is 0. The zero-order valence-corrected chi connectivity index (χ0v) is 16.0. The third kappa shape index (κ3) is 4.17. The molecule has 5 nitrogen and oxygen atoms in total. The fraction of sp³-hybridized carbons (Fsp3) is 0.0455. The van der Waals surface area contributed by atoms with Gasteiger partial charge in [-0.25, -0.2) is 9.07 Å². The lowest BCUT2D eigenvalue weighted by atomic mass is 10.2. The zero-order chi connectivity index (χ0) is 20.2. The normalized spacial score (nSPS) is 10.7. The second kappa shape index (κ2) is 8.24. The molecule has 29 heavy (non-hydrogen) atoms. The first-order chi connectivity index (χ1) is 14.1. The monoisotopic (exact) mass is 406 g/mol. The number of halogens is 2. The minimum absolute atomic E-state index is 0.236. The van der Waals surface area contributed by atoms with Crippen LogP contribution in [0.1, 0.15) is 16.1 Å². The molecule has 2 aromatic heterocycles. The molecule has 0 aliphatic rings. The highest BCUT2D eigenvalue weighted by Gasteiger charge is 2.17. The first-order valence-corrected chi connectivity index (χ1v) is 9.27. The van der Waals surface area contributed by atoms with E-state index in [0.717, 1.165) is 11.1 Å². The number of hydrogen-bond donors (Lipinski definition) is 1. The molecule has 0 atom stereocenters. The third-order valence-electron chi connectivity index (χ3n) is 4.37. The van der Waals surface area contributed by atoms with Gasteiger partial charge in [0.1, 0.15) is 5.82 Å². The van der Waals surface area contributed by atoms with Crippen LogP contribution < -0.4 is 5.32 Å². The van der Waals surface area contributed by atoms with Gasteiger partial charge in [0.05, 0.1) is 11.4 Å². The Kier molecular flexibility index (Phi) is 5.35. The Morgan fingerprint density at radius 1 is 1.07 bits per heavy atom. The molecule has 2 aromatic carbocycles. The molecule has 144 valence electrons. The molecule has 0 radical (unpaired) electrons. The number of nitrogens with one attached hydrogen (secondary N) is 1. The molecule has 0 unspecified atom stereocenters. The van der Waals surface area contributed by atoms with Gasteiger partial charge in [0, 0.05) is 29.5 Å². The van der Waals surface area contributed by atoms with Crippen LogP contribution in [0.4, 0.5) is 4.39 Å². The second-order valence-corrected chi connectivity index (χ2v) is 6.73. The van der Waals surface area contributed by atoms with Crippen LogP contribution in [0.3, 0.4) is 0 Å². The fourth-order valence-corrected chi connectivity index (χ4v) is 3.10. The SMILES string of the molecule is O=C(NCc1ccccc1Cl)c1cc(-c2cccnc2)n(-c2ccc(F)cc2)n1. The van der Waals surface area contributed by atoms with E-state index in [1.807, 2.05) is 24.3 Å². The third-order valence-corrected chi connectivity index (χ3v) is 4.74. The van der Waals surface area contributed by atoms with Crippen molar-refractivity contribution in [3.05, 3.63) is 101 Å². The molecule has 1 amide bonds. The summed E-state index contributed by atoms with van der Waals surface area (Å²) < 4.78 is 14.9. The average molecular weight is 407 g/mol. The Hall–Kier alpha value is -3.51. The lowest BCUT2D eigenvalue weighted by Gasteiger charge is -2.07. The van der Waals surface area contributed by atoms with Gasteiger partial charge >= 0.3 is 0 Å². The van der Waals surface area contributed by atoms with Gasteiger partial charge in [-0.05, 0) is 54.1 Å². The van der Waals surface area contributed by atoms with Crippen LogP contribution in [0.25, 0.3) is 16.9 Å². The molecule has 0 aliphatic heterocycles. The number of pyridine rings is 1. The van der Waals surface area contributed by atoms with Crippen molar-refractivity contribution in [2.45, 2.75) is 6.54 Å². The zero-order valence-electron chi connectivity index (χ0n) is 15.2. The van der Waals surface area contributed by atoms with Gasteiger partial charge in [-0.2, -0.15) is 5.10 Å². The summed E-state index contributed by atoms with van der Waals surface area (Å²) in [6.07, 6.45) is 3.35. The van der Waals surface area contributed by atoms with Gasteiger partial charge in [0.2, 0.25) is 0 Å². The first-order valence-electron chi connectivity index (χ1n) is 8.90. The fourth-order valence-electron chi connectivity index (χ4n) is 2.90. The molecular weight excluding hydrogens is 391 g/mol. The van der Waals surface area contributed by atoms with Crippen LogP contribution in [0.2, 0.25) is 5.02 Å². The molecule has 4 aromatic rings. The Morgan fingerprint density at radius 3 is 2.59 bits per heavy atom. The number of carbonyl (C=O) groups is 1. The van der Waals surface area contributed by atoms with E-state index in [0.29, 0.717) is 16.4 Å². The number of amides is 1. The van der Waals surface area contributed by atoms with E-state index in [4.69, 9.17) is 11.6 Å². The predicted molar refractivity (Wildman–Crippen MR) is 109 cm³/mol. The van der Waals surface area contributed by atoms with Crippen molar-refractivity contribution in [3.8, 4) is 16.9 Å². The van der Waals surface area contributed by atoms with Crippen molar-refractivity contribution in [3.63, 3.8) is 0 Å². The highest BCUT2D eigenvalue weighted by Crippen LogP contribution is 2.24. The van der Waals surface area contributed by atoms with Gasteiger partial charge in [-0.3, -0.25) is 9.78 Å². The molecular formula is C22H16ClFN4O. The predicted octanol–water partition coefficient (Wildman–Crippen LogP) is 4.66. The molecule has 1 N–H and O–H groups in total. The van der Waals surface area contributed by atoms with E-state index in [2.05, 4.69) is 15.4 Å². The molecule has 0 saturated heterocycles. The molecule has 4 rings (SSSR count). The first kappa shape index (κ1) is 18.8. The van der Waals surface area contributed by atoms with Crippen molar-refractivity contribution in [2.75, 3.05) is 0 Å². The summed E-state index contributed by atoms with van der Waals surface area (Å²) in [5, 5.41) is 7.86. The summed E-state index contributed by atoms with van der Waals surface area (Å²) in [4.78, 5) is 16.8. The average Bonchev–Trinajstić information content (AvgIpc) is 3.20. The number of rotatable bonds is 5. The number of nitrogens with zero attached hydrogens (tertiary/aromatic N) is 3. The highest BCUT2D eigenvalue weighted by atomic mass is 35.5. The van der Waals surface area contributed by atoms with Gasteiger partial charge in [0.25, 0.3) is 5.91 Å². The van der Waals surface area contributed by atoms with Crippen LogP contribution in [0.5, 0.6) is 0 Å². The molecule has 2 heterocycles. The molecule has 0 aliphatic carbocycles. The Balaban J connectivity index is 1.66. The standard InChI is InChI=1S/C22H16ClFN4O/c23-19-6-2-1-4-15(19)14-26-22(29)20-12-21(16-5-3-11-25-13-16)28(27-20)18-9-7-17(24)8-10-18/h1-13H,14H2,(H,26,29). The Bertz CT molecular complexity index is 1140. The maximum Gasteiger partial charge on any atom is 0.272 e. The summed E-state index contributed by atoms with van der Waals surface area (Å²) >= 11 is 6.15. The molecule has 7 heteroatoms. The van der Waals surface area contributed by atoms with E-state index >= 15 is 0 Å². The van der Waals surface area contributed by atoms with E-state index in [1.165, 1.54) is 12.1 Å². The van der Waals surface area contributed by atoms with Gasteiger partial charge in [-0.15, -0.1) is 0 Å². The van der Waals surface area contributed by atoms with Crippen molar-refractivity contribution in [1.29, 1.82) is 0 Å². The van der Waals surface area contributed by atoms with Crippen molar-refractivity contribution in [2.24, 2.45) is 0 Å². The summed E-state index contributed by atoms with van der Waals surface area (Å²) in [6.45, 7) is 0.282. The quantitative estimate of drug-likeness (QED) is 0.524. The van der Waals surface area contributed by atoms with E-state index in [-0.39, 0.29) is 24.0 Å². The van der Waals surface area contributed by atoms with Crippen LogP contribution in [-0.2, 0) is 6.54 Å². The topological polar surface area (TPSA) is 59.8 Å². The lowest BCUT2D eigenvalue weighted by Crippen LogP contribution is -2.23. The number of benzene rings is 2. The smallest absolute Gasteiger partial charge is 0.272 e. The molecule has 0 saturated carbocycles. The highest BCUT2D eigenvalue weighted by molar-refractivity contribution is 6.31. The van der Waals surface area contributed by atoms with Gasteiger partial charge in [0.15, 0.2) is 5.69 Å². The number of aromatic nitrogens is 3. The van der Waals surface area contributed by atoms with Crippen molar-refractivity contribution < 1.29 is 9.18 Å². The minimum Gasteiger partial charge on any atom is -0.347 e. The maximum absolute atomic E-state index is 13.3.